The summed E-state index contributed by atoms with van der Waals surface area (Å²) in [6.07, 6.45) is -6.11. The van der Waals surface area contributed by atoms with Crippen LogP contribution in [0.4, 0.5) is 40.8 Å². The second kappa shape index (κ2) is 7.18. The Labute approximate surface area is 140 Å². The monoisotopic (exact) mass is 385 g/mol. The van der Waals surface area contributed by atoms with Gasteiger partial charge in [-0.05, 0) is 24.3 Å². The summed E-state index contributed by atoms with van der Waals surface area (Å²) in [5.41, 5.74) is -1.43. The maximum Gasteiger partial charge on any atom is 0.573 e. The molecule has 0 unspecified atom stereocenters. The third kappa shape index (κ3) is 4.41. The lowest BCUT2D eigenvalue weighted by molar-refractivity contribution is -0.274. The summed E-state index contributed by atoms with van der Waals surface area (Å²) in [7, 11) is 0. The number of anilines is 1. The zero-order chi connectivity index (χ0) is 19.6. The minimum atomic E-state index is -4.92. The van der Waals surface area contributed by atoms with E-state index in [-0.39, 0.29) is 5.69 Å². The summed E-state index contributed by atoms with van der Waals surface area (Å²) in [5, 5.41) is 2.04. The van der Waals surface area contributed by atoms with Crippen LogP contribution in [0.15, 0.2) is 24.3 Å². The first-order chi connectivity index (χ1) is 12.0. The van der Waals surface area contributed by atoms with E-state index in [4.69, 9.17) is 0 Å². The quantitative estimate of drug-likeness (QED) is 0.480. The standard InChI is InChI=1S/C15H7F8NO2/c16-10-8(11(17)13(19)14(20)12(10)18)5-9(25)24-6-1-3-7(4-2-6)26-15(21,22)23/h1-4H,5H2,(H,24,25). The first-order valence-electron chi connectivity index (χ1n) is 6.65. The average Bonchev–Trinajstić information content (AvgIpc) is 2.55. The van der Waals surface area contributed by atoms with Gasteiger partial charge in [0.2, 0.25) is 11.7 Å². The lowest BCUT2D eigenvalue weighted by Crippen LogP contribution is -2.19. The molecule has 0 atom stereocenters. The van der Waals surface area contributed by atoms with E-state index >= 15 is 0 Å². The third-order valence-electron chi connectivity index (χ3n) is 3.01. The van der Waals surface area contributed by atoms with Gasteiger partial charge in [-0.1, -0.05) is 0 Å². The Hall–Kier alpha value is -2.85. The fourth-order valence-electron chi connectivity index (χ4n) is 1.91. The summed E-state index contributed by atoms with van der Waals surface area (Å²) >= 11 is 0. The van der Waals surface area contributed by atoms with Crippen molar-refractivity contribution in [3.63, 3.8) is 0 Å². The molecule has 0 bridgehead atoms. The summed E-state index contributed by atoms with van der Waals surface area (Å²) < 4.78 is 106. The van der Waals surface area contributed by atoms with Gasteiger partial charge in [-0.2, -0.15) is 0 Å². The van der Waals surface area contributed by atoms with E-state index in [0.717, 1.165) is 24.3 Å². The predicted octanol–water partition coefficient (Wildman–Crippen LogP) is 4.46. The second-order valence-electron chi connectivity index (χ2n) is 4.85. The molecular formula is C15H7F8NO2. The molecule has 140 valence electrons. The number of benzene rings is 2. The largest absolute Gasteiger partial charge is 0.573 e. The molecule has 0 fully saturated rings. The first-order valence-corrected chi connectivity index (χ1v) is 6.65. The van der Waals surface area contributed by atoms with Gasteiger partial charge in [-0.15, -0.1) is 13.2 Å². The van der Waals surface area contributed by atoms with Crippen LogP contribution < -0.4 is 10.1 Å². The van der Waals surface area contributed by atoms with Crippen molar-refractivity contribution in [3.8, 4) is 5.75 Å². The summed E-state index contributed by atoms with van der Waals surface area (Å²) in [4.78, 5) is 11.7. The number of halogens is 8. The number of hydrogen-bond donors (Lipinski definition) is 1. The van der Waals surface area contributed by atoms with E-state index in [1.165, 1.54) is 0 Å². The highest BCUT2D eigenvalue weighted by atomic mass is 19.4. The maximum absolute atomic E-state index is 13.5. The van der Waals surface area contributed by atoms with E-state index in [1.54, 1.807) is 0 Å². The predicted molar refractivity (Wildman–Crippen MR) is 71.7 cm³/mol. The van der Waals surface area contributed by atoms with E-state index in [2.05, 4.69) is 4.74 Å². The molecule has 0 saturated heterocycles. The fourth-order valence-corrected chi connectivity index (χ4v) is 1.91. The molecular weight excluding hydrogens is 378 g/mol. The van der Waals surface area contributed by atoms with Gasteiger partial charge in [-0.3, -0.25) is 4.79 Å². The van der Waals surface area contributed by atoms with Gasteiger partial charge in [0.25, 0.3) is 0 Å². The number of hydrogen-bond acceptors (Lipinski definition) is 2. The lowest BCUT2D eigenvalue weighted by atomic mass is 10.1. The molecule has 0 aliphatic carbocycles. The van der Waals surface area contributed by atoms with Crippen LogP contribution in [-0.4, -0.2) is 12.3 Å². The van der Waals surface area contributed by atoms with Gasteiger partial charge >= 0.3 is 6.36 Å². The van der Waals surface area contributed by atoms with Crippen LogP contribution in [0.3, 0.4) is 0 Å². The number of ether oxygens (including phenoxy) is 1. The average molecular weight is 385 g/mol. The third-order valence-corrected chi connectivity index (χ3v) is 3.01. The molecule has 1 amide bonds. The molecule has 0 aromatic heterocycles. The Morgan fingerprint density at radius 1 is 0.846 bits per heavy atom. The number of nitrogens with one attached hydrogen (secondary N) is 1. The van der Waals surface area contributed by atoms with Crippen LogP contribution >= 0.6 is 0 Å². The number of carbonyl (C=O) groups is 1. The molecule has 0 saturated carbocycles. The minimum Gasteiger partial charge on any atom is -0.406 e. The van der Waals surface area contributed by atoms with E-state index < -0.39 is 59.1 Å². The fraction of sp³-hybridized carbons (Fsp3) is 0.133. The molecule has 3 nitrogen and oxygen atoms in total. The van der Waals surface area contributed by atoms with E-state index in [9.17, 15) is 39.9 Å². The van der Waals surface area contributed by atoms with Gasteiger partial charge in [0.1, 0.15) is 5.75 Å². The lowest BCUT2D eigenvalue weighted by Gasteiger charge is -2.11. The number of rotatable bonds is 4. The molecule has 11 heteroatoms. The van der Waals surface area contributed by atoms with Crippen LogP contribution in [0.25, 0.3) is 0 Å². The Bertz CT molecular complexity index is 804. The van der Waals surface area contributed by atoms with E-state index in [0.29, 0.717) is 0 Å². The molecule has 0 spiro atoms. The van der Waals surface area contributed by atoms with E-state index in [1.807, 2.05) is 5.32 Å². The number of amides is 1. The molecule has 0 radical (unpaired) electrons. The first kappa shape index (κ1) is 19.5. The van der Waals surface area contributed by atoms with Crippen molar-refractivity contribution >= 4 is 11.6 Å². The molecule has 2 aromatic rings. The van der Waals surface area contributed by atoms with Crippen molar-refractivity contribution in [3.05, 3.63) is 58.9 Å². The SMILES string of the molecule is O=C(Cc1c(F)c(F)c(F)c(F)c1F)Nc1ccc(OC(F)(F)F)cc1. The van der Waals surface area contributed by atoms with Crippen molar-refractivity contribution in [1.29, 1.82) is 0 Å². The Kier molecular flexibility index (Phi) is 5.38. The zero-order valence-electron chi connectivity index (χ0n) is 12.4. The highest BCUT2D eigenvalue weighted by Crippen LogP contribution is 2.25. The molecule has 26 heavy (non-hydrogen) atoms. The van der Waals surface area contributed by atoms with Crippen LogP contribution in [0.2, 0.25) is 0 Å². The van der Waals surface area contributed by atoms with Crippen molar-refractivity contribution < 1.29 is 44.7 Å². The van der Waals surface area contributed by atoms with Gasteiger partial charge in [0.15, 0.2) is 23.3 Å². The van der Waals surface area contributed by atoms with Gasteiger partial charge < -0.3 is 10.1 Å². The highest BCUT2D eigenvalue weighted by Gasteiger charge is 2.31. The van der Waals surface area contributed by atoms with Gasteiger partial charge in [0.05, 0.1) is 6.42 Å². The molecule has 2 aromatic carbocycles. The normalized spacial score (nSPS) is 11.4. The summed E-state index contributed by atoms with van der Waals surface area (Å²) in [5.74, 6) is -12.8. The molecule has 0 heterocycles. The summed E-state index contributed by atoms with van der Waals surface area (Å²) in [6, 6.07) is 3.66. The topological polar surface area (TPSA) is 38.3 Å². The van der Waals surface area contributed by atoms with Crippen LogP contribution in [0, 0.1) is 29.1 Å². The molecule has 1 N–H and O–H groups in total. The van der Waals surface area contributed by atoms with Gasteiger partial charge in [0, 0.05) is 11.3 Å². The maximum atomic E-state index is 13.5. The van der Waals surface area contributed by atoms with Gasteiger partial charge in [-0.25, -0.2) is 22.0 Å². The Morgan fingerprint density at radius 2 is 1.31 bits per heavy atom. The molecule has 0 aliphatic heterocycles. The molecule has 0 aliphatic rings. The number of carbonyl (C=O) groups excluding carboxylic acids is 1. The second-order valence-corrected chi connectivity index (χ2v) is 4.85. The van der Waals surface area contributed by atoms with Crippen molar-refractivity contribution in [2.75, 3.05) is 5.32 Å². The van der Waals surface area contributed by atoms with Crippen molar-refractivity contribution in [1.82, 2.24) is 0 Å². The zero-order valence-corrected chi connectivity index (χ0v) is 12.4. The smallest absolute Gasteiger partial charge is 0.406 e. The summed E-state index contributed by atoms with van der Waals surface area (Å²) in [6.45, 7) is 0. The minimum absolute atomic E-state index is 0.0894. The Morgan fingerprint density at radius 3 is 1.77 bits per heavy atom. The number of alkyl halides is 3. The van der Waals surface area contributed by atoms with Crippen molar-refractivity contribution in [2.45, 2.75) is 12.8 Å². The van der Waals surface area contributed by atoms with Crippen LogP contribution in [-0.2, 0) is 11.2 Å². The Balaban J connectivity index is 2.13. The van der Waals surface area contributed by atoms with Crippen LogP contribution in [0.1, 0.15) is 5.56 Å². The van der Waals surface area contributed by atoms with Crippen LogP contribution in [0.5, 0.6) is 5.75 Å². The molecule has 2 rings (SSSR count). The van der Waals surface area contributed by atoms with Crippen molar-refractivity contribution in [2.24, 2.45) is 0 Å². The highest BCUT2D eigenvalue weighted by molar-refractivity contribution is 5.92.